The largest absolute Gasteiger partial charge is 0.438 e. The molecule has 0 saturated heterocycles. The monoisotopic (exact) mass is 198 g/mol. The van der Waals surface area contributed by atoms with Crippen LogP contribution < -0.4 is 5.76 Å². The van der Waals surface area contributed by atoms with Crippen LogP contribution in [-0.2, 0) is 5.41 Å². The number of unbranched alkanes of at least 4 members (excludes halogenated alkanes) is 1. The summed E-state index contributed by atoms with van der Waals surface area (Å²) in [5.41, 5.74) is -0.0534. The van der Waals surface area contributed by atoms with E-state index in [0.29, 0.717) is 5.82 Å². The van der Waals surface area contributed by atoms with Gasteiger partial charge in [-0.3, -0.25) is 9.51 Å². The van der Waals surface area contributed by atoms with Crippen molar-refractivity contribution in [2.24, 2.45) is 0 Å². The third-order valence-corrected chi connectivity index (χ3v) is 2.87. The molecule has 0 bridgehead atoms. The SMILES string of the molecule is CCCCC(C)(CC)c1noc(=O)[nH]1. The van der Waals surface area contributed by atoms with Gasteiger partial charge >= 0.3 is 5.76 Å². The van der Waals surface area contributed by atoms with E-state index in [9.17, 15) is 4.79 Å². The predicted octanol–water partition coefficient (Wildman–Crippen LogP) is 2.22. The quantitative estimate of drug-likeness (QED) is 0.789. The van der Waals surface area contributed by atoms with Gasteiger partial charge in [0.05, 0.1) is 0 Å². The fourth-order valence-corrected chi connectivity index (χ4v) is 1.52. The molecule has 1 aromatic heterocycles. The van der Waals surface area contributed by atoms with Gasteiger partial charge in [-0.15, -0.1) is 0 Å². The van der Waals surface area contributed by atoms with Crippen LogP contribution >= 0.6 is 0 Å². The number of aromatic nitrogens is 2. The second kappa shape index (κ2) is 4.44. The second-order valence-corrected chi connectivity index (χ2v) is 3.96. The van der Waals surface area contributed by atoms with Crippen molar-refractivity contribution in [3.05, 3.63) is 16.4 Å². The fourth-order valence-electron chi connectivity index (χ4n) is 1.52. The Labute approximate surface area is 83.7 Å². The maximum absolute atomic E-state index is 10.8. The lowest BCUT2D eigenvalue weighted by Crippen LogP contribution is -2.23. The van der Waals surface area contributed by atoms with Crippen molar-refractivity contribution < 1.29 is 4.52 Å². The molecular formula is C10H18N2O2. The normalized spacial score (nSPS) is 15.4. The molecule has 0 aromatic carbocycles. The fraction of sp³-hybridized carbons (Fsp3) is 0.800. The first-order chi connectivity index (χ1) is 6.62. The van der Waals surface area contributed by atoms with E-state index in [0.717, 1.165) is 25.7 Å². The van der Waals surface area contributed by atoms with Gasteiger partial charge in [0, 0.05) is 5.41 Å². The molecule has 14 heavy (non-hydrogen) atoms. The molecule has 80 valence electrons. The molecule has 0 saturated carbocycles. The summed E-state index contributed by atoms with van der Waals surface area (Å²) in [5, 5.41) is 3.77. The third kappa shape index (κ3) is 2.25. The summed E-state index contributed by atoms with van der Waals surface area (Å²) in [4.78, 5) is 13.5. The highest BCUT2D eigenvalue weighted by molar-refractivity contribution is 5.01. The van der Waals surface area contributed by atoms with E-state index in [4.69, 9.17) is 0 Å². The Morgan fingerprint density at radius 3 is 2.64 bits per heavy atom. The molecule has 1 rings (SSSR count). The van der Waals surface area contributed by atoms with Crippen molar-refractivity contribution in [2.45, 2.75) is 51.9 Å². The standard InChI is InChI=1S/C10H18N2O2/c1-4-6-7-10(3,5-2)8-11-9(13)14-12-8/h4-7H2,1-3H3,(H,11,12,13). The first-order valence-electron chi connectivity index (χ1n) is 5.19. The summed E-state index contributed by atoms with van der Waals surface area (Å²) in [6.07, 6.45) is 4.27. The molecule has 1 heterocycles. The van der Waals surface area contributed by atoms with Gasteiger partial charge in [-0.1, -0.05) is 38.8 Å². The van der Waals surface area contributed by atoms with E-state index in [1.165, 1.54) is 0 Å². The molecule has 4 nitrogen and oxygen atoms in total. The van der Waals surface area contributed by atoms with Crippen molar-refractivity contribution in [1.82, 2.24) is 10.1 Å². The van der Waals surface area contributed by atoms with Crippen molar-refractivity contribution in [3.8, 4) is 0 Å². The summed E-state index contributed by atoms with van der Waals surface area (Å²) in [6, 6.07) is 0. The van der Waals surface area contributed by atoms with Crippen LogP contribution in [0, 0.1) is 0 Å². The van der Waals surface area contributed by atoms with E-state index in [1.807, 2.05) is 0 Å². The van der Waals surface area contributed by atoms with Crippen molar-refractivity contribution in [2.75, 3.05) is 0 Å². The smallest absolute Gasteiger partial charge is 0.296 e. The Kier molecular flexibility index (Phi) is 3.49. The van der Waals surface area contributed by atoms with Gasteiger partial charge in [0.25, 0.3) is 0 Å². The molecule has 0 amide bonds. The molecule has 1 atom stereocenters. The van der Waals surface area contributed by atoms with Crippen LogP contribution in [0.2, 0.25) is 0 Å². The van der Waals surface area contributed by atoms with Crippen LogP contribution in [0.3, 0.4) is 0 Å². The molecule has 1 unspecified atom stereocenters. The highest BCUT2D eigenvalue weighted by Gasteiger charge is 2.28. The average molecular weight is 198 g/mol. The molecule has 0 spiro atoms. The molecule has 1 aromatic rings. The van der Waals surface area contributed by atoms with Gasteiger partial charge in [-0.05, 0) is 12.8 Å². The zero-order chi connectivity index (χ0) is 10.6. The molecule has 0 aliphatic carbocycles. The minimum Gasteiger partial charge on any atom is -0.296 e. The molecular weight excluding hydrogens is 180 g/mol. The number of hydrogen-bond donors (Lipinski definition) is 1. The predicted molar refractivity (Wildman–Crippen MR) is 54.3 cm³/mol. The lowest BCUT2D eigenvalue weighted by molar-refractivity contribution is 0.336. The zero-order valence-electron chi connectivity index (χ0n) is 9.09. The number of nitrogens with zero attached hydrogens (tertiary/aromatic N) is 1. The van der Waals surface area contributed by atoms with Crippen LogP contribution in [0.1, 0.15) is 52.3 Å². The van der Waals surface area contributed by atoms with E-state index in [-0.39, 0.29) is 5.41 Å². The summed E-state index contributed by atoms with van der Waals surface area (Å²) in [6.45, 7) is 6.36. The zero-order valence-corrected chi connectivity index (χ0v) is 9.09. The topological polar surface area (TPSA) is 58.9 Å². The first kappa shape index (κ1) is 11.0. The lowest BCUT2D eigenvalue weighted by Gasteiger charge is -2.24. The van der Waals surface area contributed by atoms with E-state index in [1.54, 1.807) is 0 Å². The number of aromatic amines is 1. The molecule has 1 N–H and O–H groups in total. The van der Waals surface area contributed by atoms with Crippen LogP contribution in [-0.4, -0.2) is 10.1 Å². The summed E-state index contributed by atoms with van der Waals surface area (Å²) in [7, 11) is 0. The Bertz CT molecular complexity index is 329. The number of H-pyrrole nitrogens is 1. The van der Waals surface area contributed by atoms with Crippen molar-refractivity contribution in [1.29, 1.82) is 0 Å². The highest BCUT2D eigenvalue weighted by atomic mass is 16.5. The number of hydrogen-bond acceptors (Lipinski definition) is 3. The first-order valence-corrected chi connectivity index (χ1v) is 5.19. The lowest BCUT2D eigenvalue weighted by atomic mass is 9.81. The van der Waals surface area contributed by atoms with Gasteiger partial charge in [0.1, 0.15) is 0 Å². The van der Waals surface area contributed by atoms with Gasteiger partial charge < -0.3 is 0 Å². The maximum Gasteiger partial charge on any atom is 0.438 e. The summed E-state index contributed by atoms with van der Waals surface area (Å²) < 4.78 is 4.53. The minimum atomic E-state index is -0.462. The average Bonchev–Trinajstić information content (AvgIpc) is 2.62. The van der Waals surface area contributed by atoms with E-state index < -0.39 is 5.76 Å². The van der Waals surface area contributed by atoms with Crippen LogP contribution in [0.15, 0.2) is 9.32 Å². The Morgan fingerprint density at radius 2 is 2.21 bits per heavy atom. The Hall–Kier alpha value is -1.06. The van der Waals surface area contributed by atoms with Crippen LogP contribution in [0.5, 0.6) is 0 Å². The highest BCUT2D eigenvalue weighted by Crippen LogP contribution is 2.29. The number of rotatable bonds is 5. The Morgan fingerprint density at radius 1 is 1.50 bits per heavy atom. The molecule has 0 aliphatic heterocycles. The van der Waals surface area contributed by atoms with Crippen LogP contribution in [0.25, 0.3) is 0 Å². The van der Waals surface area contributed by atoms with E-state index >= 15 is 0 Å². The second-order valence-electron chi connectivity index (χ2n) is 3.96. The van der Waals surface area contributed by atoms with Gasteiger partial charge in [0.2, 0.25) is 0 Å². The summed E-state index contributed by atoms with van der Waals surface area (Å²) in [5.74, 6) is 0.217. The molecule has 0 fully saturated rings. The molecule has 0 radical (unpaired) electrons. The Balaban J connectivity index is 2.83. The molecule has 4 heteroatoms. The van der Waals surface area contributed by atoms with Crippen molar-refractivity contribution in [3.63, 3.8) is 0 Å². The van der Waals surface area contributed by atoms with Crippen LogP contribution in [0.4, 0.5) is 0 Å². The minimum absolute atomic E-state index is 0.0534. The van der Waals surface area contributed by atoms with Gasteiger partial charge in [-0.2, -0.15) is 0 Å². The molecule has 0 aliphatic rings. The number of nitrogens with one attached hydrogen (secondary N) is 1. The summed E-state index contributed by atoms with van der Waals surface area (Å²) >= 11 is 0. The van der Waals surface area contributed by atoms with Gasteiger partial charge in [0.15, 0.2) is 5.82 Å². The maximum atomic E-state index is 10.8. The van der Waals surface area contributed by atoms with E-state index in [2.05, 4.69) is 35.4 Å². The van der Waals surface area contributed by atoms with Gasteiger partial charge in [-0.25, -0.2) is 4.79 Å². The third-order valence-electron chi connectivity index (χ3n) is 2.87. The van der Waals surface area contributed by atoms with Crippen molar-refractivity contribution >= 4 is 0 Å².